The summed E-state index contributed by atoms with van der Waals surface area (Å²) in [5.74, 6) is -0.423. The largest absolute Gasteiger partial charge is 0.272 e. The Hall–Kier alpha value is -2.29. The third-order valence-electron chi connectivity index (χ3n) is 2.57. The zero-order valence-electron chi connectivity index (χ0n) is 11.5. The molecule has 4 nitrogen and oxygen atoms in total. The van der Waals surface area contributed by atoms with Gasteiger partial charge in [-0.1, -0.05) is 35.5 Å². The van der Waals surface area contributed by atoms with Crippen LogP contribution in [0.15, 0.2) is 63.4 Å². The van der Waals surface area contributed by atoms with Gasteiger partial charge in [-0.2, -0.15) is 10.4 Å². The minimum absolute atomic E-state index is 0.200. The van der Waals surface area contributed by atoms with Gasteiger partial charge in [0.25, 0.3) is 5.91 Å². The van der Waals surface area contributed by atoms with E-state index in [4.69, 9.17) is 16.9 Å². The Bertz CT molecular complexity index is 706. The number of carbonyl (C=O) groups is 1. The molecule has 0 spiro atoms. The van der Waals surface area contributed by atoms with Gasteiger partial charge in [0.2, 0.25) is 0 Å². The summed E-state index contributed by atoms with van der Waals surface area (Å²) in [4.78, 5) is 13.3. The summed E-state index contributed by atoms with van der Waals surface area (Å²) in [6, 6.07) is 17.1. The first-order valence-electron chi connectivity index (χ1n) is 6.40. The fraction of sp³-hybridized carbons (Fsp3) is 0.0625. The first-order chi connectivity index (χ1) is 10.7. The molecule has 0 aliphatic rings. The van der Waals surface area contributed by atoms with Gasteiger partial charge < -0.3 is 0 Å². The standard InChI is InChI=1S/C16H12ClN3OS/c17-13-3-7-15(8-4-13)22-14-5-1-12(2-6-14)11-19-20-16(21)9-10-18/h1-8,11H,9H2,(H,20,21)/b19-11-. The molecule has 0 unspecified atom stereocenters. The van der Waals surface area contributed by atoms with E-state index in [0.717, 1.165) is 15.4 Å². The van der Waals surface area contributed by atoms with Crippen molar-refractivity contribution in [1.82, 2.24) is 5.43 Å². The number of nitrogens with zero attached hydrogens (tertiary/aromatic N) is 2. The number of benzene rings is 2. The summed E-state index contributed by atoms with van der Waals surface area (Å²) in [7, 11) is 0. The molecule has 0 aliphatic carbocycles. The van der Waals surface area contributed by atoms with Crippen molar-refractivity contribution < 1.29 is 4.79 Å². The summed E-state index contributed by atoms with van der Waals surface area (Å²) >= 11 is 7.49. The maximum Gasteiger partial charge on any atom is 0.254 e. The van der Waals surface area contributed by atoms with Crippen LogP contribution in [0.2, 0.25) is 5.02 Å². The molecule has 0 atom stereocenters. The number of hydrazone groups is 1. The summed E-state index contributed by atoms with van der Waals surface area (Å²) in [6.07, 6.45) is 1.33. The van der Waals surface area contributed by atoms with Crippen LogP contribution in [-0.4, -0.2) is 12.1 Å². The molecule has 0 aromatic heterocycles. The fourth-order valence-corrected chi connectivity index (χ4v) is 2.49. The van der Waals surface area contributed by atoms with Crippen molar-refractivity contribution in [1.29, 1.82) is 5.26 Å². The lowest BCUT2D eigenvalue weighted by atomic mass is 10.2. The van der Waals surface area contributed by atoms with Crippen LogP contribution in [0, 0.1) is 11.3 Å². The quantitative estimate of drug-likeness (QED) is 0.669. The Morgan fingerprint density at radius 2 is 1.77 bits per heavy atom. The highest BCUT2D eigenvalue weighted by Gasteiger charge is 1.98. The molecule has 0 fully saturated rings. The molecule has 2 aromatic rings. The van der Waals surface area contributed by atoms with E-state index >= 15 is 0 Å². The van der Waals surface area contributed by atoms with Gasteiger partial charge in [0.05, 0.1) is 12.3 Å². The monoisotopic (exact) mass is 329 g/mol. The number of halogens is 1. The van der Waals surface area contributed by atoms with Crippen LogP contribution < -0.4 is 5.43 Å². The molecule has 0 saturated carbocycles. The number of hydrogen-bond acceptors (Lipinski definition) is 4. The summed E-state index contributed by atoms with van der Waals surface area (Å²) in [5.41, 5.74) is 3.14. The first kappa shape index (κ1) is 16.1. The molecule has 0 radical (unpaired) electrons. The van der Waals surface area contributed by atoms with Gasteiger partial charge in [-0.25, -0.2) is 5.43 Å². The topological polar surface area (TPSA) is 65.2 Å². The molecule has 2 aromatic carbocycles. The molecule has 2 rings (SSSR count). The number of nitrogens with one attached hydrogen (secondary N) is 1. The second kappa shape index (κ2) is 8.23. The molecule has 0 saturated heterocycles. The van der Waals surface area contributed by atoms with Crippen molar-refractivity contribution in [2.75, 3.05) is 0 Å². The molecule has 1 N–H and O–H groups in total. The summed E-state index contributed by atoms with van der Waals surface area (Å²) < 4.78 is 0. The van der Waals surface area contributed by atoms with E-state index in [-0.39, 0.29) is 6.42 Å². The smallest absolute Gasteiger partial charge is 0.254 e. The van der Waals surface area contributed by atoms with E-state index in [1.807, 2.05) is 48.5 Å². The molecule has 110 valence electrons. The first-order valence-corrected chi connectivity index (χ1v) is 7.59. The SMILES string of the molecule is N#CCC(=O)N/N=C\c1ccc(Sc2ccc(Cl)cc2)cc1. The van der Waals surface area contributed by atoms with Crippen molar-refractivity contribution in [3.05, 3.63) is 59.1 Å². The maximum absolute atomic E-state index is 11.1. The van der Waals surface area contributed by atoms with Crippen LogP contribution in [0.3, 0.4) is 0 Å². The van der Waals surface area contributed by atoms with Crippen LogP contribution in [0.5, 0.6) is 0 Å². The Labute approximate surface area is 137 Å². The molecule has 0 heterocycles. The number of hydrogen-bond donors (Lipinski definition) is 1. The molecule has 6 heteroatoms. The zero-order valence-corrected chi connectivity index (χ0v) is 13.1. The lowest BCUT2D eigenvalue weighted by Crippen LogP contribution is -2.16. The van der Waals surface area contributed by atoms with Crippen molar-refractivity contribution >= 4 is 35.5 Å². The van der Waals surface area contributed by atoms with Crippen LogP contribution >= 0.6 is 23.4 Å². The van der Waals surface area contributed by atoms with E-state index in [9.17, 15) is 4.79 Å². The van der Waals surface area contributed by atoms with Gasteiger partial charge in [-0.3, -0.25) is 4.79 Å². The Kier molecular flexibility index (Phi) is 6.01. The van der Waals surface area contributed by atoms with Crippen LogP contribution in [0.4, 0.5) is 0 Å². The van der Waals surface area contributed by atoms with Crippen molar-refractivity contribution in [3.8, 4) is 6.07 Å². The molecule has 0 aliphatic heterocycles. The van der Waals surface area contributed by atoms with E-state index < -0.39 is 5.91 Å². The molecule has 0 bridgehead atoms. The zero-order chi connectivity index (χ0) is 15.8. The highest BCUT2D eigenvalue weighted by Crippen LogP contribution is 2.28. The highest BCUT2D eigenvalue weighted by molar-refractivity contribution is 7.99. The van der Waals surface area contributed by atoms with Gasteiger partial charge >= 0.3 is 0 Å². The van der Waals surface area contributed by atoms with Crippen molar-refractivity contribution in [3.63, 3.8) is 0 Å². The minimum atomic E-state index is -0.423. The summed E-state index contributed by atoms with van der Waals surface area (Å²) in [6.45, 7) is 0. The summed E-state index contributed by atoms with van der Waals surface area (Å²) in [5, 5.41) is 12.9. The van der Waals surface area contributed by atoms with Gasteiger partial charge in [-0.05, 0) is 42.0 Å². The molecule has 1 amide bonds. The third-order valence-corrected chi connectivity index (χ3v) is 3.84. The number of carbonyl (C=O) groups excluding carboxylic acids is 1. The van der Waals surface area contributed by atoms with Crippen LogP contribution in [-0.2, 0) is 4.79 Å². The number of amides is 1. The average molecular weight is 330 g/mol. The normalized spacial score (nSPS) is 10.4. The van der Waals surface area contributed by atoms with Crippen LogP contribution in [0.25, 0.3) is 0 Å². The second-order valence-corrected chi connectivity index (χ2v) is 5.84. The second-order valence-electron chi connectivity index (χ2n) is 4.25. The molecular formula is C16H12ClN3OS. The Morgan fingerprint density at radius 3 is 2.36 bits per heavy atom. The molecular weight excluding hydrogens is 318 g/mol. The number of nitriles is 1. The lowest BCUT2D eigenvalue weighted by Gasteiger charge is -2.02. The highest BCUT2D eigenvalue weighted by atomic mass is 35.5. The predicted molar refractivity (Wildman–Crippen MR) is 88.0 cm³/mol. The van der Waals surface area contributed by atoms with Crippen molar-refractivity contribution in [2.24, 2.45) is 5.10 Å². The van der Waals surface area contributed by atoms with Gasteiger partial charge in [0, 0.05) is 14.8 Å². The predicted octanol–water partition coefficient (Wildman–Crippen LogP) is 3.85. The Morgan fingerprint density at radius 1 is 1.18 bits per heavy atom. The van der Waals surface area contributed by atoms with Gasteiger partial charge in [-0.15, -0.1) is 0 Å². The fourth-order valence-electron chi connectivity index (χ4n) is 1.55. The van der Waals surface area contributed by atoms with Gasteiger partial charge in [0.15, 0.2) is 0 Å². The molecule has 22 heavy (non-hydrogen) atoms. The lowest BCUT2D eigenvalue weighted by molar-refractivity contribution is -0.120. The third kappa shape index (κ3) is 5.24. The number of rotatable bonds is 5. The Balaban J connectivity index is 1.93. The minimum Gasteiger partial charge on any atom is -0.272 e. The van der Waals surface area contributed by atoms with E-state index in [2.05, 4.69) is 10.5 Å². The average Bonchev–Trinajstić information content (AvgIpc) is 2.52. The van der Waals surface area contributed by atoms with Crippen molar-refractivity contribution in [2.45, 2.75) is 16.2 Å². The maximum atomic E-state index is 11.1. The van der Waals surface area contributed by atoms with Crippen LogP contribution in [0.1, 0.15) is 12.0 Å². The van der Waals surface area contributed by atoms with E-state index in [1.165, 1.54) is 6.21 Å². The van der Waals surface area contributed by atoms with E-state index in [0.29, 0.717) is 5.02 Å². The van der Waals surface area contributed by atoms with E-state index in [1.54, 1.807) is 17.8 Å². The van der Waals surface area contributed by atoms with Gasteiger partial charge in [0.1, 0.15) is 6.42 Å².